The fourth-order valence-electron chi connectivity index (χ4n) is 3.64. The monoisotopic (exact) mass is 467 g/mol. The van der Waals surface area contributed by atoms with Crippen molar-refractivity contribution in [2.45, 2.75) is 37.2 Å². The SMILES string of the molecule is CC(C)OC(=O)C(CN)C(Cc1ccccc1)c1ccc(OS(=O)(=O)c2ccccc2)cc1. The van der Waals surface area contributed by atoms with Gasteiger partial charge in [-0.05, 0) is 55.7 Å². The smallest absolute Gasteiger partial charge is 0.339 e. The summed E-state index contributed by atoms with van der Waals surface area (Å²) in [6.07, 6.45) is 0.334. The van der Waals surface area contributed by atoms with Gasteiger partial charge in [-0.1, -0.05) is 60.7 Å². The molecule has 7 heteroatoms. The lowest BCUT2D eigenvalue weighted by molar-refractivity contribution is -0.152. The number of hydrogen-bond donors (Lipinski definition) is 1. The maximum atomic E-state index is 12.8. The van der Waals surface area contributed by atoms with Crippen molar-refractivity contribution in [2.75, 3.05) is 6.54 Å². The Morgan fingerprint density at radius 1 is 0.879 bits per heavy atom. The number of hydrogen-bond acceptors (Lipinski definition) is 6. The van der Waals surface area contributed by atoms with Crippen molar-refractivity contribution in [3.63, 3.8) is 0 Å². The maximum Gasteiger partial charge on any atom is 0.339 e. The number of ether oxygens (including phenoxy) is 1. The van der Waals surface area contributed by atoms with Crippen molar-refractivity contribution >= 4 is 16.1 Å². The molecule has 0 bridgehead atoms. The molecule has 6 nitrogen and oxygen atoms in total. The molecule has 33 heavy (non-hydrogen) atoms. The third kappa shape index (κ3) is 6.66. The molecule has 3 rings (SSSR count). The molecule has 0 heterocycles. The molecular formula is C26H29NO5S. The van der Waals surface area contributed by atoms with Crippen molar-refractivity contribution < 1.29 is 22.1 Å². The first kappa shape index (κ1) is 24.5. The topological polar surface area (TPSA) is 95.7 Å². The highest BCUT2D eigenvalue weighted by Gasteiger charge is 2.31. The Morgan fingerprint density at radius 2 is 1.45 bits per heavy atom. The Morgan fingerprint density at radius 3 is 2.00 bits per heavy atom. The average molecular weight is 468 g/mol. The van der Waals surface area contributed by atoms with E-state index in [0.717, 1.165) is 11.1 Å². The van der Waals surface area contributed by atoms with E-state index in [1.807, 2.05) is 30.3 Å². The Hall–Kier alpha value is -3.16. The van der Waals surface area contributed by atoms with Crippen LogP contribution in [0.2, 0.25) is 0 Å². The van der Waals surface area contributed by atoms with E-state index in [-0.39, 0.29) is 35.2 Å². The lowest BCUT2D eigenvalue weighted by Gasteiger charge is -2.26. The highest BCUT2D eigenvalue weighted by Crippen LogP contribution is 2.31. The van der Waals surface area contributed by atoms with Gasteiger partial charge in [0.1, 0.15) is 10.6 Å². The molecule has 0 aromatic heterocycles. The molecule has 0 amide bonds. The van der Waals surface area contributed by atoms with Crippen molar-refractivity contribution in [3.05, 3.63) is 96.1 Å². The van der Waals surface area contributed by atoms with Gasteiger partial charge >= 0.3 is 16.1 Å². The highest BCUT2D eigenvalue weighted by atomic mass is 32.2. The first-order valence-electron chi connectivity index (χ1n) is 10.8. The molecule has 3 aromatic rings. The Kier molecular flexibility index (Phi) is 8.25. The lowest BCUT2D eigenvalue weighted by atomic mass is 9.81. The van der Waals surface area contributed by atoms with Gasteiger partial charge in [-0.2, -0.15) is 8.42 Å². The number of nitrogens with two attached hydrogens (primary N) is 1. The summed E-state index contributed by atoms with van der Waals surface area (Å²) in [7, 11) is -3.94. The van der Waals surface area contributed by atoms with Crippen LogP contribution in [0.3, 0.4) is 0 Å². The van der Waals surface area contributed by atoms with Gasteiger partial charge in [0.2, 0.25) is 0 Å². The molecule has 2 atom stereocenters. The van der Waals surface area contributed by atoms with Crippen LogP contribution in [0, 0.1) is 5.92 Å². The molecule has 2 unspecified atom stereocenters. The van der Waals surface area contributed by atoms with E-state index >= 15 is 0 Å². The van der Waals surface area contributed by atoms with Gasteiger partial charge in [-0.15, -0.1) is 0 Å². The summed E-state index contributed by atoms with van der Waals surface area (Å²) in [5, 5.41) is 0. The Bertz CT molecular complexity index is 1130. The predicted octanol–water partition coefficient (Wildman–Crippen LogP) is 4.31. The Labute approximate surface area is 195 Å². The molecule has 0 aliphatic rings. The van der Waals surface area contributed by atoms with Crippen LogP contribution in [-0.2, 0) is 26.1 Å². The second-order valence-electron chi connectivity index (χ2n) is 8.04. The Balaban J connectivity index is 1.87. The second-order valence-corrected chi connectivity index (χ2v) is 9.59. The molecular weight excluding hydrogens is 438 g/mol. The average Bonchev–Trinajstić information content (AvgIpc) is 2.80. The van der Waals surface area contributed by atoms with Crippen molar-refractivity contribution in [2.24, 2.45) is 11.7 Å². The van der Waals surface area contributed by atoms with Gasteiger partial charge in [0.05, 0.1) is 12.0 Å². The molecule has 0 spiro atoms. The summed E-state index contributed by atoms with van der Waals surface area (Å²) in [4.78, 5) is 12.9. The zero-order chi connectivity index (χ0) is 23.8. The van der Waals surface area contributed by atoms with Crippen LogP contribution < -0.4 is 9.92 Å². The normalized spacial score (nSPS) is 13.3. The number of rotatable bonds is 10. The summed E-state index contributed by atoms with van der Waals surface area (Å²) >= 11 is 0. The third-order valence-electron chi connectivity index (χ3n) is 5.24. The van der Waals surface area contributed by atoms with Gasteiger partial charge in [-0.25, -0.2) is 0 Å². The van der Waals surface area contributed by atoms with Crippen molar-refractivity contribution in [1.82, 2.24) is 0 Å². The quantitative estimate of drug-likeness (QED) is 0.353. The molecule has 0 aliphatic carbocycles. The van der Waals surface area contributed by atoms with E-state index in [0.29, 0.717) is 6.42 Å². The molecule has 0 saturated heterocycles. The molecule has 2 N–H and O–H groups in total. The zero-order valence-corrected chi connectivity index (χ0v) is 19.6. The van der Waals surface area contributed by atoms with Crippen LogP contribution >= 0.6 is 0 Å². The lowest BCUT2D eigenvalue weighted by Crippen LogP contribution is -2.33. The molecule has 0 radical (unpaired) electrons. The predicted molar refractivity (Wildman–Crippen MR) is 127 cm³/mol. The minimum absolute atomic E-state index is 0.0793. The van der Waals surface area contributed by atoms with Crippen LogP contribution in [0.15, 0.2) is 89.8 Å². The van der Waals surface area contributed by atoms with Crippen molar-refractivity contribution in [1.29, 1.82) is 0 Å². The fraction of sp³-hybridized carbons (Fsp3) is 0.269. The van der Waals surface area contributed by atoms with Gasteiger partial charge in [-0.3, -0.25) is 4.79 Å². The number of benzene rings is 3. The summed E-state index contributed by atoms with van der Waals surface area (Å²) in [5.41, 5.74) is 7.92. The minimum Gasteiger partial charge on any atom is -0.463 e. The molecule has 0 aliphatic heterocycles. The van der Waals surface area contributed by atoms with E-state index in [4.69, 9.17) is 14.7 Å². The van der Waals surface area contributed by atoms with E-state index in [1.54, 1.807) is 56.3 Å². The van der Waals surface area contributed by atoms with Crippen LogP contribution in [0.5, 0.6) is 5.75 Å². The maximum absolute atomic E-state index is 12.8. The van der Waals surface area contributed by atoms with Gasteiger partial charge < -0.3 is 14.7 Å². The minimum atomic E-state index is -3.94. The molecule has 3 aromatic carbocycles. The molecule has 0 fully saturated rings. The zero-order valence-electron chi connectivity index (χ0n) is 18.8. The van der Waals surface area contributed by atoms with E-state index < -0.39 is 16.0 Å². The number of carbonyl (C=O) groups excluding carboxylic acids is 1. The fourth-order valence-corrected chi connectivity index (χ4v) is 4.59. The first-order chi connectivity index (χ1) is 15.8. The third-order valence-corrected chi connectivity index (χ3v) is 6.50. The first-order valence-corrected chi connectivity index (χ1v) is 12.2. The summed E-state index contributed by atoms with van der Waals surface area (Å²) < 4.78 is 35.8. The summed E-state index contributed by atoms with van der Waals surface area (Å²) in [6, 6.07) is 24.5. The highest BCUT2D eigenvalue weighted by molar-refractivity contribution is 7.87. The molecule has 174 valence electrons. The molecule has 0 saturated carbocycles. The standard InChI is InChI=1S/C26H29NO5S/c1-19(2)31-26(28)25(18-27)24(17-20-9-5-3-6-10-20)21-13-15-22(16-14-21)32-33(29,30)23-11-7-4-8-12-23/h3-16,19,24-25H,17-18,27H2,1-2H3. The van der Waals surface area contributed by atoms with Gasteiger partial charge in [0.25, 0.3) is 0 Å². The number of esters is 1. The van der Waals surface area contributed by atoms with Crippen LogP contribution in [0.1, 0.15) is 30.9 Å². The van der Waals surface area contributed by atoms with Crippen LogP contribution in [-0.4, -0.2) is 27.0 Å². The summed E-state index contributed by atoms with van der Waals surface area (Å²) in [6.45, 7) is 3.73. The van der Waals surface area contributed by atoms with Crippen LogP contribution in [0.4, 0.5) is 0 Å². The van der Waals surface area contributed by atoms with Gasteiger partial charge in [0.15, 0.2) is 0 Å². The second kappa shape index (κ2) is 11.1. The summed E-state index contributed by atoms with van der Waals surface area (Å²) in [5.74, 6) is -0.952. The van der Waals surface area contributed by atoms with Crippen molar-refractivity contribution in [3.8, 4) is 5.75 Å². The van der Waals surface area contributed by atoms with E-state index in [1.165, 1.54) is 12.1 Å². The number of carbonyl (C=O) groups is 1. The van der Waals surface area contributed by atoms with Gasteiger partial charge in [0, 0.05) is 12.5 Å². The van der Waals surface area contributed by atoms with E-state index in [2.05, 4.69) is 0 Å². The van der Waals surface area contributed by atoms with E-state index in [9.17, 15) is 13.2 Å². The van der Waals surface area contributed by atoms with Crippen LogP contribution in [0.25, 0.3) is 0 Å². The largest absolute Gasteiger partial charge is 0.463 e.